The number of hydrogen-bond donors (Lipinski definition) is 1. The van der Waals surface area contributed by atoms with Crippen molar-refractivity contribution in [1.29, 1.82) is 0 Å². The van der Waals surface area contributed by atoms with Gasteiger partial charge in [0.05, 0.1) is 5.52 Å². The van der Waals surface area contributed by atoms with E-state index in [0.29, 0.717) is 12.5 Å². The Labute approximate surface area is 148 Å². The summed E-state index contributed by atoms with van der Waals surface area (Å²) in [6.45, 7) is 2.69. The first kappa shape index (κ1) is 16.6. The van der Waals surface area contributed by atoms with Crippen LogP contribution in [0, 0.1) is 5.92 Å². The normalized spacial score (nSPS) is 18.7. The van der Waals surface area contributed by atoms with Gasteiger partial charge in [-0.1, -0.05) is 0 Å². The molecule has 1 unspecified atom stereocenters. The molecule has 1 aromatic heterocycles. The molecule has 0 aliphatic carbocycles. The van der Waals surface area contributed by atoms with Crippen LogP contribution >= 0.6 is 0 Å². The van der Waals surface area contributed by atoms with Crippen LogP contribution < -0.4 is 19.1 Å². The van der Waals surface area contributed by atoms with Crippen molar-refractivity contribution < 1.29 is 18.2 Å². The van der Waals surface area contributed by atoms with Gasteiger partial charge in [-0.25, -0.2) is 4.72 Å². The van der Waals surface area contributed by atoms with Gasteiger partial charge in [-0.3, -0.25) is 9.19 Å². The van der Waals surface area contributed by atoms with Gasteiger partial charge in [0.25, 0.3) is 0 Å². The van der Waals surface area contributed by atoms with E-state index in [2.05, 4.69) is 14.6 Å². The fourth-order valence-corrected chi connectivity index (χ4v) is 3.89. The summed E-state index contributed by atoms with van der Waals surface area (Å²) < 4.78 is 34.5. The quantitative estimate of drug-likeness (QED) is 0.818. The van der Waals surface area contributed by atoms with E-state index in [0.717, 1.165) is 54.8 Å². The van der Waals surface area contributed by atoms with Crippen molar-refractivity contribution in [3.05, 3.63) is 24.4 Å². The highest BCUT2D eigenvalue weighted by atomic mass is 32.2. The minimum absolute atomic E-state index is 0.258. The molecular formula is C17H20N3O4S-. The number of benzene rings is 1. The number of nitrogens with one attached hydrogen (secondary N) is 1. The van der Waals surface area contributed by atoms with Gasteiger partial charge in [-0.05, 0) is 37.3 Å². The summed E-state index contributed by atoms with van der Waals surface area (Å²) in [5, 5.41) is 1.08. The molecule has 1 saturated heterocycles. The van der Waals surface area contributed by atoms with Crippen molar-refractivity contribution in [2.75, 3.05) is 31.3 Å². The van der Waals surface area contributed by atoms with Crippen LogP contribution in [0.4, 0.5) is 5.69 Å². The summed E-state index contributed by atoms with van der Waals surface area (Å²) in [5.74, 6) is 2.08. The Hall–Kier alpha value is -1.90. The monoisotopic (exact) mass is 362 g/mol. The third-order valence-electron chi connectivity index (χ3n) is 4.94. The number of anilines is 1. The number of aromatic nitrogens is 1. The van der Waals surface area contributed by atoms with Gasteiger partial charge >= 0.3 is 0 Å². The molecule has 4 rings (SSSR count). The Balaban J connectivity index is 1.47. The van der Waals surface area contributed by atoms with Gasteiger partial charge in [0, 0.05) is 54.2 Å². The molecule has 2 aromatic rings. The largest absolute Gasteiger partial charge is 0.760 e. The van der Waals surface area contributed by atoms with E-state index in [-0.39, 0.29) is 6.79 Å². The molecule has 0 radical (unpaired) electrons. The number of piperidine rings is 1. The van der Waals surface area contributed by atoms with Crippen molar-refractivity contribution in [3.63, 3.8) is 0 Å². The molecule has 8 heteroatoms. The summed E-state index contributed by atoms with van der Waals surface area (Å²) in [6.07, 6.45) is 4.83. The first-order valence-electron chi connectivity index (χ1n) is 8.47. The lowest BCUT2D eigenvalue weighted by atomic mass is 9.93. The Bertz CT molecular complexity index is 793. The number of hydrogen-bond acceptors (Lipinski definition) is 6. The van der Waals surface area contributed by atoms with Crippen molar-refractivity contribution in [3.8, 4) is 11.5 Å². The highest BCUT2D eigenvalue weighted by Gasteiger charge is 2.22. The molecule has 7 nitrogen and oxygen atoms in total. The number of ether oxygens (including phenoxy) is 2. The lowest BCUT2D eigenvalue weighted by Gasteiger charge is -2.34. The summed E-state index contributed by atoms with van der Waals surface area (Å²) in [7, 11) is 0. The second kappa shape index (κ2) is 7.15. The SMILES string of the molecule is O=S([O-])NCCC1CCN(c2ccnc3cc4c(cc23)OCO4)CC1. The first-order valence-corrected chi connectivity index (χ1v) is 9.54. The van der Waals surface area contributed by atoms with Crippen LogP contribution in [0.2, 0.25) is 0 Å². The minimum atomic E-state index is -2.16. The van der Waals surface area contributed by atoms with E-state index in [9.17, 15) is 8.76 Å². The first-order chi connectivity index (χ1) is 12.2. The fraction of sp³-hybridized carbons (Fsp3) is 0.471. The molecule has 134 valence electrons. The average molecular weight is 362 g/mol. The molecule has 1 atom stereocenters. The van der Waals surface area contributed by atoms with E-state index >= 15 is 0 Å². The molecule has 0 spiro atoms. The Morgan fingerprint density at radius 2 is 2.04 bits per heavy atom. The lowest BCUT2D eigenvalue weighted by molar-refractivity contribution is 0.174. The number of rotatable bonds is 5. The molecular weight excluding hydrogens is 342 g/mol. The van der Waals surface area contributed by atoms with E-state index < -0.39 is 11.3 Å². The molecule has 0 bridgehead atoms. The van der Waals surface area contributed by atoms with Gasteiger partial charge in [0.2, 0.25) is 6.79 Å². The van der Waals surface area contributed by atoms with Gasteiger partial charge in [0.15, 0.2) is 11.5 Å². The number of fused-ring (bicyclic) bond motifs is 2. The zero-order valence-corrected chi connectivity index (χ0v) is 14.6. The molecule has 0 saturated carbocycles. The fourth-order valence-electron chi connectivity index (χ4n) is 3.61. The van der Waals surface area contributed by atoms with Gasteiger partial charge in [0.1, 0.15) is 0 Å². The van der Waals surface area contributed by atoms with Crippen molar-refractivity contribution in [2.45, 2.75) is 19.3 Å². The van der Waals surface area contributed by atoms with Crippen LogP contribution in [0.1, 0.15) is 19.3 Å². The maximum absolute atomic E-state index is 10.5. The summed E-state index contributed by atoms with van der Waals surface area (Å²) in [4.78, 5) is 6.83. The third-order valence-corrected chi connectivity index (χ3v) is 5.38. The predicted octanol–water partition coefficient (Wildman–Crippen LogP) is 1.95. The molecule has 25 heavy (non-hydrogen) atoms. The van der Waals surface area contributed by atoms with E-state index in [1.807, 2.05) is 24.4 Å². The minimum Gasteiger partial charge on any atom is -0.760 e. The van der Waals surface area contributed by atoms with E-state index in [4.69, 9.17) is 9.47 Å². The molecule has 1 N–H and O–H groups in total. The van der Waals surface area contributed by atoms with Crippen LogP contribution in [0.25, 0.3) is 10.9 Å². The van der Waals surface area contributed by atoms with Crippen LogP contribution in [0.5, 0.6) is 11.5 Å². The van der Waals surface area contributed by atoms with Crippen molar-refractivity contribution in [2.24, 2.45) is 5.92 Å². The topological polar surface area (TPSA) is 86.8 Å². The van der Waals surface area contributed by atoms with Crippen LogP contribution in [-0.2, 0) is 11.3 Å². The third kappa shape index (κ3) is 3.56. The maximum Gasteiger partial charge on any atom is 0.231 e. The molecule has 1 fully saturated rings. The second-order valence-electron chi connectivity index (χ2n) is 6.40. The van der Waals surface area contributed by atoms with Gasteiger partial charge in [-0.15, -0.1) is 0 Å². The molecule has 2 aliphatic rings. The summed E-state index contributed by atoms with van der Waals surface area (Å²) in [6, 6.07) is 6.00. The smallest absolute Gasteiger partial charge is 0.231 e. The summed E-state index contributed by atoms with van der Waals surface area (Å²) in [5.41, 5.74) is 2.08. The lowest BCUT2D eigenvalue weighted by Crippen LogP contribution is -2.34. The Kier molecular flexibility index (Phi) is 4.74. The molecule has 1 aromatic carbocycles. The second-order valence-corrected chi connectivity index (χ2v) is 7.16. The number of pyridine rings is 1. The Morgan fingerprint density at radius 1 is 1.28 bits per heavy atom. The zero-order chi connectivity index (χ0) is 17.2. The van der Waals surface area contributed by atoms with E-state index in [1.165, 1.54) is 5.69 Å². The molecule has 3 heterocycles. The standard InChI is InChI=1S/C17H21N3O4S/c21-25(22)19-6-1-12-3-7-20(8-4-12)15-2-5-18-14-10-17-16(9-13(14)15)23-11-24-17/h2,5,9-10,12,19H,1,3-4,6-8,11H2,(H,21,22)/p-1. The van der Waals surface area contributed by atoms with Crippen LogP contribution in [0.3, 0.4) is 0 Å². The number of nitrogens with zero attached hydrogens (tertiary/aromatic N) is 2. The Morgan fingerprint density at radius 3 is 2.80 bits per heavy atom. The van der Waals surface area contributed by atoms with Crippen molar-refractivity contribution >= 4 is 27.9 Å². The van der Waals surface area contributed by atoms with Gasteiger partial charge in [-0.2, -0.15) is 0 Å². The highest BCUT2D eigenvalue weighted by Crippen LogP contribution is 2.39. The summed E-state index contributed by atoms with van der Waals surface area (Å²) >= 11 is -2.16. The predicted molar refractivity (Wildman–Crippen MR) is 94.3 cm³/mol. The van der Waals surface area contributed by atoms with E-state index in [1.54, 1.807) is 0 Å². The molecule has 2 aliphatic heterocycles. The average Bonchev–Trinajstić information content (AvgIpc) is 3.07. The zero-order valence-electron chi connectivity index (χ0n) is 13.8. The van der Waals surface area contributed by atoms with Crippen LogP contribution in [-0.4, -0.2) is 40.2 Å². The van der Waals surface area contributed by atoms with Gasteiger partial charge < -0.3 is 18.9 Å². The molecule has 0 amide bonds. The maximum atomic E-state index is 10.5. The van der Waals surface area contributed by atoms with Crippen molar-refractivity contribution in [1.82, 2.24) is 9.71 Å². The highest BCUT2D eigenvalue weighted by molar-refractivity contribution is 7.77. The van der Waals surface area contributed by atoms with Crippen LogP contribution in [0.15, 0.2) is 24.4 Å².